The molecule has 3 aromatic rings. The number of urea groups is 1. The molecule has 29 heavy (non-hydrogen) atoms. The number of hydrogen-bond acceptors (Lipinski definition) is 4. The molecule has 8 heteroatoms. The van der Waals surface area contributed by atoms with Crippen molar-refractivity contribution in [3.05, 3.63) is 70.6 Å². The van der Waals surface area contributed by atoms with E-state index in [0.29, 0.717) is 23.8 Å². The van der Waals surface area contributed by atoms with Gasteiger partial charge in [-0.05, 0) is 31.2 Å². The Kier molecular flexibility index (Phi) is 4.99. The second kappa shape index (κ2) is 7.75. The summed E-state index contributed by atoms with van der Waals surface area (Å²) in [5, 5.41) is 5.41. The first-order valence-electron chi connectivity index (χ1n) is 9.32. The Balaban J connectivity index is 1.42. The second-order valence-electron chi connectivity index (χ2n) is 6.77. The van der Waals surface area contributed by atoms with Gasteiger partial charge >= 0.3 is 6.03 Å². The Morgan fingerprint density at radius 3 is 2.55 bits per heavy atom. The summed E-state index contributed by atoms with van der Waals surface area (Å²) >= 11 is 0. The van der Waals surface area contributed by atoms with E-state index in [0.717, 1.165) is 5.69 Å². The van der Waals surface area contributed by atoms with Crippen LogP contribution in [0.1, 0.15) is 5.69 Å². The van der Waals surface area contributed by atoms with E-state index < -0.39 is 6.03 Å². The van der Waals surface area contributed by atoms with Gasteiger partial charge in [0.25, 0.3) is 5.56 Å². The van der Waals surface area contributed by atoms with Gasteiger partial charge in [0.05, 0.1) is 17.9 Å². The zero-order valence-corrected chi connectivity index (χ0v) is 16.2. The van der Waals surface area contributed by atoms with Crippen LogP contribution in [0.2, 0.25) is 0 Å². The van der Waals surface area contributed by atoms with Gasteiger partial charge in [0.2, 0.25) is 0 Å². The molecule has 1 aromatic heterocycles. The molecule has 0 unspecified atom stereocenters. The maximum atomic E-state index is 12.8. The molecule has 1 aliphatic rings. The highest BCUT2D eigenvalue weighted by Crippen LogP contribution is 2.30. The lowest BCUT2D eigenvalue weighted by Gasteiger charge is -2.26. The maximum absolute atomic E-state index is 12.8. The summed E-state index contributed by atoms with van der Waals surface area (Å²) in [6, 6.07) is 16.2. The Labute approximate surface area is 167 Å². The molecule has 0 fully saturated rings. The van der Waals surface area contributed by atoms with Crippen LogP contribution in [0.25, 0.3) is 5.69 Å². The normalized spacial score (nSPS) is 15.0. The number of fused-ring (bicyclic) bond motifs is 1. The number of anilines is 1. The second-order valence-corrected chi connectivity index (χ2v) is 6.77. The standard InChI is InChI=1S/C21H22N4O4/c1-14-19(20(26)25(24(14)2)15-8-4-3-5-9-15)23-21(27)22-12-16-13-28-17-10-6-7-11-18(17)29-16/h3-11,16H,12-13H2,1-2H3,(H2,22,23,27)/t16-/m1/s1. The number of benzene rings is 2. The maximum Gasteiger partial charge on any atom is 0.319 e. The van der Waals surface area contributed by atoms with Gasteiger partial charge < -0.3 is 20.1 Å². The number of para-hydroxylation sites is 3. The molecular formula is C21H22N4O4. The first-order valence-corrected chi connectivity index (χ1v) is 9.32. The zero-order chi connectivity index (χ0) is 20.4. The van der Waals surface area contributed by atoms with E-state index in [-0.39, 0.29) is 23.9 Å². The molecular weight excluding hydrogens is 372 g/mol. The largest absolute Gasteiger partial charge is 0.486 e. The molecule has 2 aromatic carbocycles. The number of nitrogens with zero attached hydrogens (tertiary/aromatic N) is 2. The highest BCUT2D eigenvalue weighted by Gasteiger charge is 2.22. The molecule has 1 aliphatic heterocycles. The fourth-order valence-corrected chi connectivity index (χ4v) is 3.24. The lowest BCUT2D eigenvalue weighted by Crippen LogP contribution is -2.42. The topological polar surface area (TPSA) is 86.5 Å². The van der Waals surface area contributed by atoms with Gasteiger partial charge in [0.1, 0.15) is 12.3 Å². The number of carbonyl (C=O) groups excluding carboxylic acids is 1. The number of ether oxygens (including phenoxy) is 2. The number of nitrogens with one attached hydrogen (secondary N) is 2. The molecule has 0 saturated carbocycles. The SMILES string of the molecule is Cc1c(NC(=O)NC[C@@H]2COc3ccccc3O2)c(=O)n(-c2ccccc2)n1C. The van der Waals surface area contributed by atoms with E-state index >= 15 is 0 Å². The van der Waals surface area contributed by atoms with Crippen molar-refractivity contribution < 1.29 is 14.3 Å². The molecule has 2 N–H and O–H groups in total. The highest BCUT2D eigenvalue weighted by molar-refractivity contribution is 5.89. The average Bonchev–Trinajstić information content (AvgIpc) is 2.96. The Hall–Kier alpha value is -3.68. The number of hydrogen-bond donors (Lipinski definition) is 2. The third-order valence-corrected chi connectivity index (χ3v) is 4.85. The highest BCUT2D eigenvalue weighted by atomic mass is 16.6. The van der Waals surface area contributed by atoms with Gasteiger partial charge in [-0.3, -0.25) is 9.48 Å². The fraction of sp³-hybridized carbons (Fsp3) is 0.238. The first kappa shape index (κ1) is 18.7. The van der Waals surface area contributed by atoms with Crippen molar-refractivity contribution in [3.63, 3.8) is 0 Å². The van der Waals surface area contributed by atoms with E-state index in [4.69, 9.17) is 9.47 Å². The minimum atomic E-state index is -0.474. The van der Waals surface area contributed by atoms with Crippen molar-refractivity contribution in [1.82, 2.24) is 14.7 Å². The van der Waals surface area contributed by atoms with Crippen LogP contribution in [-0.2, 0) is 7.05 Å². The number of rotatable bonds is 4. The molecule has 0 bridgehead atoms. The quantitative estimate of drug-likeness (QED) is 0.712. The average molecular weight is 394 g/mol. The van der Waals surface area contributed by atoms with Crippen LogP contribution in [0, 0.1) is 6.92 Å². The summed E-state index contributed by atoms with van der Waals surface area (Å²) in [5.74, 6) is 1.34. The van der Waals surface area contributed by atoms with Gasteiger partial charge in [0.15, 0.2) is 17.6 Å². The van der Waals surface area contributed by atoms with Crippen LogP contribution in [0.4, 0.5) is 10.5 Å². The summed E-state index contributed by atoms with van der Waals surface area (Å²) < 4.78 is 14.7. The van der Waals surface area contributed by atoms with E-state index in [1.807, 2.05) is 54.6 Å². The molecule has 1 atom stereocenters. The number of carbonyl (C=O) groups is 1. The van der Waals surface area contributed by atoms with Crippen molar-refractivity contribution in [2.24, 2.45) is 7.05 Å². The molecule has 0 saturated heterocycles. The van der Waals surface area contributed by atoms with Gasteiger partial charge in [-0.25, -0.2) is 9.48 Å². The first-order chi connectivity index (χ1) is 14.0. The smallest absolute Gasteiger partial charge is 0.319 e. The van der Waals surface area contributed by atoms with Crippen molar-refractivity contribution in [2.75, 3.05) is 18.5 Å². The predicted octanol–water partition coefficient (Wildman–Crippen LogP) is 2.45. The van der Waals surface area contributed by atoms with Crippen molar-refractivity contribution in [3.8, 4) is 17.2 Å². The van der Waals surface area contributed by atoms with E-state index in [2.05, 4.69) is 10.6 Å². The Bertz CT molecular complexity index is 1090. The summed E-state index contributed by atoms with van der Waals surface area (Å²) in [6.45, 7) is 2.37. The summed E-state index contributed by atoms with van der Waals surface area (Å²) in [5.41, 5.74) is 1.32. The van der Waals surface area contributed by atoms with Crippen LogP contribution in [0.3, 0.4) is 0 Å². The van der Waals surface area contributed by atoms with Crippen LogP contribution in [-0.4, -0.2) is 34.7 Å². The minimum absolute atomic E-state index is 0.236. The Morgan fingerprint density at radius 2 is 1.79 bits per heavy atom. The minimum Gasteiger partial charge on any atom is -0.486 e. The lowest BCUT2D eigenvalue weighted by molar-refractivity contribution is 0.0922. The molecule has 4 rings (SSSR count). The number of amides is 2. The van der Waals surface area contributed by atoms with Gasteiger partial charge in [-0.1, -0.05) is 30.3 Å². The third-order valence-electron chi connectivity index (χ3n) is 4.85. The molecule has 0 aliphatic carbocycles. The van der Waals surface area contributed by atoms with Crippen LogP contribution in [0.15, 0.2) is 59.4 Å². The predicted molar refractivity (Wildman–Crippen MR) is 109 cm³/mol. The molecule has 2 amide bonds. The zero-order valence-electron chi connectivity index (χ0n) is 16.2. The molecule has 8 nitrogen and oxygen atoms in total. The van der Waals surface area contributed by atoms with E-state index in [1.54, 1.807) is 18.7 Å². The third kappa shape index (κ3) is 3.69. The van der Waals surface area contributed by atoms with Gasteiger partial charge in [-0.2, -0.15) is 0 Å². The summed E-state index contributed by atoms with van der Waals surface area (Å²) in [4.78, 5) is 25.2. The lowest BCUT2D eigenvalue weighted by atomic mass is 10.2. The van der Waals surface area contributed by atoms with Crippen LogP contribution in [0.5, 0.6) is 11.5 Å². The monoisotopic (exact) mass is 394 g/mol. The number of aromatic nitrogens is 2. The molecule has 2 heterocycles. The fourth-order valence-electron chi connectivity index (χ4n) is 3.24. The molecule has 150 valence electrons. The van der Waals surface area contributed by atoms with Crippen molar-refractivity contribution in [2.45, 2.75) is 13.0 Å². The Morgan fingerprint density at radius 1 is 1.10 bits per heavy atom. The van der Waals surface area contributed by atoms with Crippen molar-refractivity contribution in [1.29, 1.82) is 0 Å². The molecule has 0 radical (unpaired) electrons. The van der Waals surface area contributed by atoms with Crippen LogP contribution < -0.4 is 25.7 Å². The van der Waals surface area contributed by atoms with Gasteiger partial charge in [0, 0.05) is 7.05 Å². The summed E-state index contributed by atoms with van der Waals surface area (Å²) in [7, 11) is 1.78. The van der Waals surface area contributed by atoms with Gasteiger partial charge in [-0.15, -0.1) is 0 Å². The summed E-state index contributed by atoms with van der Waals surface area (Å²) in [6.07, 6.45) is -0.312. The van der Waals surface area contributed by atoms with E-state index in [9.17, 15) is 9.59 Å². The van der Waals surface area contributed by atoms with Crippen LogP contribution >= 0.6 is 0 Å². The molecule has 0 spiro atoms. The van der Waals surface area contributed by atoms with E-state index in [1.165, 1.54) is 4.68 Å². The van der Waals surface area contributed by atoms with Crippen molar-refractivity contribution >= 4 is 11.7 Å².